The van der Waals surface area contributed by atoms with Gasteiger partial charge in [0.15, 0.2) is 0 Å². The Hall–Kier alpha value is -3.48. The molecule has 1 N–H and O–H groups in total. The SMILES string of the molecule is CCOc1ccc(-c2c(C)sc3ncn(CC(=O)Nc4sc5c(c4C#N)CCC5)c(=O)c23)cc1. The van der Waals surface area contributed by atoms with Gasteiger partial charge in [0.25, 0.3) is 5.56 Å². The lowest BCUT2D eigenvalue weighted by molar-refractivity contribution is -0.116. The number of aromatic nitrogens is 2. The lowest BCUT2D eigenvalue weighted by atomic mass is 10.0. The minimum atomic E-state index is -0.353. The molecule has 1 aliphatic rings. The number of hydrogen-bond acceptors (Lipinski definition) is 7. The molecule has 0 fully saturated rings. The first kappa shape index (κ1) is 22.3. The predicted octanol–water partition coefficient (Wildman–Crippen LogP) is 4.89. The highest BCUT2D eigenvalue weighted by Crippen LogP contribution is 2.39. The van der Waals surface area contributed by atoms with Crippen LogP contribution in [0, 0.1) is 18.3 Å². The van der Waals surface area contributed by atoms with Gasteiger partial charge in [-0.25, -0.2) is 4.98 Å². The molecule has 0 saturated heterocycles. The van der Waals surface area contributed by atoms with E-state index in [4.69, 9.17) is 4.74 Å². The molecule has 5 rings (SSSR count). The molecule has 0 radical (unpaired) electrons. The number of ether oxygens (including phenoxy) is 1. The van der Waals surface area contributed by atoms with Crippen LogP contribution in [-0.4, -0.2) is 22.1 Å². The van der Waals surface area contributed by atoms with Gasteiger partial charge in [0.05, 0.1) is 23.9 Å². The first-order valence-corrected chi connectivity index (χ1v) is 12.7. The van der Waals surface area contributed by atoms with Crippen molar-refractivity contribution in [2.24, 2.45) is 0 Å². The number of nitrogens with one attached hydrogen (secondary N) is 1. The molecule has 34 heavy (non-hydrogen) atoms. The van der Waals surface area contributed by atoms with Crippen molar-refractivity contribution in [3.05, 3.63) is 61.8 Å². The number of benzene rings is 1. The van der Waals surface area contributed by atoms with E-state index in [0.717, 1.165) is 46.6 Å². The van der Waals surface area contributed by atoms with Gasteiger partial charge in [0.1, 0.15) is 28.2 Å². The van der Waals surface area contributed by atoms with Crippen molar-refractivity contribution in [3.8, 4) is 22.9 Å². The van der Waals surface area contributed by atoms with Crippen LogP contribution in [0.2, 0.25) is 0 Å². The lowest BCUT2D eigenvalue weighted by Gasteiger charge is -2.08. The summed E-state index contributed by atoms with van der Waals surface area (Å²) in [5, 5.41) is 13.5. The number of hydrogen-bond donors (Lipinski definition) is 1. The normalized spacial score (nSPS) is 12.5. The Morgan fingerprint density at radius 3 is 2.79 bits per heavy atom. The summed E-state index contributed by atoms with van der Waals surface area (Å²) in [6.07, 6.45) is 4.27. The van der Waals surface area contributed by atoms with E-state index in [1.165, 1.54) is 38.4 Å². The second-order valence-corrected chi connectivity index (χ2v) is 10.4. The highest BCUT2D eigenvalue weighted by Gasteiger charge is 2.23. The van der Waals surface area contributed by atoms with Crippen LogP contribution >= 0.6 is 22.7 Å². The molecule has 0 spiro atoms. The topological polar surface area (TPSA) is 97.0 Å². The molecule has 4 aromatic rings. The molecule has 0 bridgehead atoms. The second kappa shape index (κ2) is 9.05. The molecular weight excluding hydrogens is 468 g/mol. The minimum absolute atomic E-state index is 0.174. The van der Waals surface area contributed by atoms with Crippen LogP contribution in [0.3, 0.4) is 0 Å². The average Bonchev–Trinajstić information content (AvgIpc) is 3.49. The number of carbonyl (C=O) groups excluding carboxylic acids is 1. The lowest BCUT2D eigenvalue weighted by Crippen LogP contribution is -2.27. The van der Waals surface area contributed by atoms with Crippen LogP contribution < -0.4 is 15.6 Å². The third-order valence-corrected chi connectivity index (χ3v) is 8.13. The standard InChI is InChI=1S/C25H22N4O3S2/c1-3-32-16-9-7-15(8-10-16)21-14(2)33-24-22(21)25(31)29(13-27-24)12-20(30)28-23-18(11-26)17-5-4-6-19(17)34-23/h7-10,13H,3-6,12H2,1-2H3,(H,28,30). The summed E-state index contributed by atoms with van der Waals surface area (Å²) < 4.78 is 6.86. The van der Waals surface area contributed by atoms with E-state index in [1.54, 1.807) is 0 Å². The number of nitrogens with zero attached hydrogens (tertiary/aromatic N) is 3. The largest absolute Gasteiger partial charge is 0.494 e. The van der Waals surface area contributed by atoms with Crippen LogP contribution in [-0.2, 0) is 24.2 Å². The summed E-state index contributed by atoms with van der Waals surface area (Å²) in [4.78, 5) is 33.5. The highest BCUT2D eigenvalue weighted by molar-refractivity contribution is 7.19. The van der Waals surface area contributed by atoms with Gasteiger partial charge in [-0.15, -0.1) is 22.7 Å². The molecule has 7 nitrogen and oxygen atoms in total. The molecule has 1 aromatic carbocycles. The summed E-state index contributed by atoms with van der Waals surface area (Å²) in [6, 6.07) is 9.86. The van der Waals surface area contributed by atoms with Gasteiger partial charge >= 0.3 is 0 Å². The Balaban J connectivity index is 1.45. The Morgan fingerprint density at radius 1 is 1.26 bits per heavy atom. The number of nitriles is 1. The van der Waals surface area contributed by atoms with E-state index in [-0.39, 0.29) is 18.0 Å². The molecule has 3 heterocycles. The second-order valence-electron chi connectivity index (χ2n) is 8.07. The Bertz CT molecular complexity index is 1510. The van der Waals surface area contributed by atoms with Crippen molar-refractivity contribution in [3.63, 3.8) is 0 Å². The van der Waals surface area contributed by atoms with E-state index in [2.05, 4.69) is 16.4 Å². The van der Waals surface area contributed by atoms with E-state index < -0.39 is 0 Å². The zero-order chi connectivity index (χ0) is 23.8. The number of amides is 1. The number of fused-ring (bicyclic) bond motifs is 2. The summed E-state index contributed by atoms with van der Waals surface area (Å²) in [5.41, 5.74) is 3.08. The number of thiophene rings is 2. The molecule has 172 valence electrons. The predicted molar refractivity (Wildman–Crippen MR) is 135 cm³/mol. The van der Waals surface area contributed by atoms with Gasteiger partial charge in [-0.1, -0.05) is 12.1 Å². The Morgan fingerprint density at radius 2 is 2.06 bits per heavy atom. The van der Waals surface area contributed by atoms with Crippen LogP contribution in [0.25, 0.3) is 21.3 Å². The Labute approximate surface area is 204 Å². The fourth-order valence-corrected chi connectivity index (χ4v) is 6.67. The number of anilines is 1. The van der Waals surface area contributed by atoms with Gasteiger partial charge in [0.2, 0.25) is 5.91 Å². The molecule has 0 atom stereocenters. The number of aryl methyl sites for hydroxylation is 2. The van der Waals surface area contributed by atoms with E-state index >= 15 is 0 Å². The van der Waals surface area contributed by atoms with E-state index in [9.17, 15) is 14.9 Å². The fourth-order valence-electron chi connectivity index (χ4n) is 4.41. The van der Waals surface area contributed by atoms with Crippen molar-refractivity contribution < 1.29 is 9.53 Å². The van der Waals surface area contributed by atoms with E-state index in [0.29, 0.717) is 27.4 Å². The molecule has 0 saturated carbocycles. The molecule has 1 aliphatic carbocycles. The van der Waals surface area contributed by atoms with Crippen molar-refractivity contribution >= 4 is 43.8 Å². The van der Waals surface area contributed by atoms with Crippen LogP contribution in [0.4, 0.5) is 5.00 Å². The maximum atomic E-state index is 13.4. The maximum absolute atomic E-state index is 13.4. The maximum Gasteiger partial charge on any atom is 0.263 e. The van der Waals surface area contributed by atoms with Crippen molar-refractivity contribution in [1.82, 2.24) is 9.55 Å². The molecule has 0 unspecified atom stereocenters. The summed E-state index contributed by atoms with van der Waals surface area (Å²) in [6.45, 7) is 4.31. The quantitative estimate of drug-likeness (QED) is 0.415. The molecule has 9 heteroatoms. The minimum Gasteiger partial charge on any atom is -0.494 e. The van der Waals surface area contributed by atoms with Crippen LogP contribution in [0.1, 0.15) is 34.2 Å². The molecule has 0 aliphatic heterocycles. The van der Waals surface area contributed by atoms with Crippen LogP contribution in [0.5, 0.6) is 5.75 Å². The van der Waals surface area contributed by atoms with Crippen LogP contribution in [0.15, 0.2) is 35.4 Å². The van der Waals surface area contributed by atoms with Crippen molar-refractivity contribution in [1.29, 1.82) is 5.26 Å². The smallest absolute Gasteiger partial charge is 0.263 e. The van der Waals surface area contributed by atoms with Crippen molar-refractivity contribution in [2.45, 2.75) is 39.7 Å². The molecule has 1 amide bonds. The van der Waals surface area contributed by atoms with Gasteiger partial charge in [-0.3, -0.25) is 14.2 Å². The fraction of sp³-hybridized carbons (Fsp3) is 0.280. The highest BCUT2D eigenvalue weighted by atomic mass is 32.1. The van der Waals surface area contributed by atoms with Crippen molar-refractivity contribution in [2.75, 3.05) is 11.9 Å². The molecule has 3 aromatic heterocycles. The first-order valence-electron chi connectivity index (χ1n) is 11.1. The monoisotopic (exact) mass is 490 g/mol. The number of rotatable bonds is 6. The summed E-state index contributed by atoms with van der Waals surface area (Å²) in [7, 11) is 0. The van der Waals surface area contributed by atoms with Gasteiger partial charge in [-0.05, 0) is 56.4 Å². The zero-order valence-corrected chi connectivity index (χ0v) is 20.4. The molecular formula is C25H22N4O3S2. The van der Waals surface area contributed by atoms with Gasteiger partial charge < -0.3 is 10.1 Å². The zero-order valence-electron chi connectivity index (χ0n) is 18.8. The average molecular weight is 491 g/mol. The number of carbonyl (C=O) groups is 1. The third kappa shape index (κ3) is 3.89. The summed E-state index contributed by atoms with van der Waals surface area (Å²) in [5.74, 6) is 0.418. The van der Waals surface area contributed by atoms with Gasteiger partial charge in [-0.2, -0.15) is 5.26 Å². The first-order chi connectivity index (χ1) is 16.5. The third-order valence-electron chi connectivity index (χ3n) is 5.91. The summed E-state index contributed by atoms with van der Waals surface area (Å²) >= 11 is 2.92. The Kier molecular flexibility index (Phi) is 5.94. The van der Waals surface area contributed by atoms with E-state index in [1.807, 2.05) is 38.1 Å². The van der Waals surface area contributed by atoms with Gasteiger partial charge in [0, 0.05) is 15.3 Å².